The molecule has 2 aliphatic heterocycles. The topological polar surface area (TPSA) is 55.3 Å². The van der Waals surface area contributed by atoms with E-state index < -0.39 is 0 Å². The summed E-state index contributed by atoms with van der Waals surface area (Å²) in [6, 6.07) is 4.20. The molecule has 1 aromatic carbocycles. The molecule has 0 radical (unpaired) electrons. The molecule has 7 heteroatoms. The van der Waals surface area contributed by atoms with E-state index in [2.05, 4.69) is 41.3 Å². The number of fused-ring (bicyclic) bond motifs is 1. The van der Waals surface area contributed by atoms with Gasteiger partial charge in [-0.15, -0.1) is 24.0 Å². The summed E-state index contributed by atoms with van der Waals surface area (Å²) in [4.78, 5) is 6.64. The van der Waals surface area contributed by atoms with Gasteiger partial charge in [0.1, 0.15) is 17.6 Å². The Hall–Kier alpha value is -1.22. The smallest absolute Gasteiger partial charge is 0.193 e. The van der Waals surface area contributed by atoms with Crippen molar-refractivity contribution in [2.24, 2.45) is 10.9 Å². The van der Waals surface area contributed by atoms with Crippen molar-refractivity contribution in [3.63, 3.8) is 0 Å². The maximum absolute atomic E-state index is 5.90. The van der Waals surface area contributed by atoms with Gasteiger partial charge in [-0.3, -0.25) is 4.99 Å². The van der Waals surface area contributed by atoms with Crippen LogP contribution in [0.1, 0.15) is 37.3 Å². The summed E-state index contributed by atoms with van der Waals surface area (Å²) in [7, 11) is 5.65. The van der Waals surface area contributed by atoms with E-state index in [1.165, 1.54) is 24.8 Å². The molecule has 0 spiro atoms. The van der Waals surface area contributed by atoms with Crippen molar-refractivity contribution < 1.29 is 14.2 Å². The first-order valence-electron chi connectivity index (χ1n) is 9.96. The van der Waals surface area contributed by atoms with Crippen LogP contribution < -0.4 is 14.8 Å². The Morgan fingerprint density at radius 1 is 1.32 bits per heavy atom. The van der Waals surface area contributed by atoms with Gasteiger partial charge in [-0.1, -0.05) is 0 Å². The number of hydrogen-bond donors (Lipinski definition) is 1. The summed E-state index contributed by atoms with van der Waals surface area (Å²) in [5.74, 6) is 3.54. The normalized spacial score (nSPS) is 19.4. The standard InChI is InChI=1S/C21H33N3O3.HI/c1-15-11-17-12-19(25-4)18(13-20(17)27-15)14-23-21(22-2)24(3)8-5-16-6-9-26-10-7-16;/h12-13,15-16H,5-11,14H2,1-4H3,(H,22,23);1H. The van der Waals surface area contributed by atoms with E-state index in [9.17, 15) is 0 Å². The lowest BCUT2D eigenvalue weighted by atomic mass is 9.96. The number of halogens is 1. The van der Waals surface area contributed by atoms with E-state index in [0.29, 0.717) is 6.54 Å². The molecule has 6 nitrogen and oxygen atoms in total. The van der Waals surface area contributed by atoms with Crippen LogP contribution >= 0.6 is 24.0 Å². The van der Waals surface area contributed by atoms with Gasteiger partial charge in [0.25, 0.3) is 0 Å². The highest BCUT2D eigenvalue weighted by molar-refractivity contribution is 14.0. The zero-order valence-electron chi connectivity index (χ0n) is 17.5. The van der Waals surface area contributed by atoms with Crippen LogP contribution in [-0.2, 0) is 17.7 Å². The van der Waals surface area contributed by atoms with Gasteiger partial charge in [0.2, 0.25) is 0 Å². The van der Waals surface area contributed by atoms with Crippen molar-refractivity contribution >= 4 is 29.9 Å². The molecule has 1 saturated heterocycles. The van der Waals surface area contributed by atoms with E-state index in [1.54, 1.807) is 7.11 Å². The zero-order chi connectivity index (χ0) is 19.2. The average molecular weight is 503 g/mol. The minimum Gasteiger partial charge on any atom is -0.496 e. The SMILES string of the molecule is CN=C(NCc1cc2c(cc1OC)CC(C)O2)N(C)CCC1CCOCC1.I. The van der Waals surface area contributed by atoms with Gasteiger partial charge in [0.15, 0.2) is 5.96 Å². The summed E-state index contributed by atoms with van der Waals surface area (Å²) in [5, 5.41) is 3.47. The van der Waals surface area contributed by atoms with Crippen LogP contribution in [0.25, 0.3) is 0 Å². The third-order valence-electron chi connectivity index (χ3n) is 5.52. The number of nitrogens with zero attached hydrogens (tertiary/aromatic N) is 2. The Bertz CT molecular complexity index is 663. The summed E-state index contributed by atoms with van der Waals surface area (Å²) in [5.41, 5.74) is 2.31. The largest absolute Gasteiger partial charge is 0.496 e. The number of aliphatic imine (C=N–C) groups is 1. The van der Waals surface area contributed by atoms with Crippen LogP contribution in [-0.4, -0.2) is 57.9 Å². The monoisotopic (exact) mass is 503 g/mol. The second-order valence-electron chi connectivity index (χ2n) is 7.57. The Labute approximate surface area is 186 Å². The van der Waals surface area contributed by atoms with E-state index in [0.717, 1.165) is 55.1 Å². The summed E-state index contributed by atoms with van der Waals surface area (Å²) in [6.07, 6.45) is 4.69. The molecule has 1 unspecified atom stereocenters. The van der Waals surface area contributed by atoms with Crippen LogP contribution in [0.15, 0.2) is 17.1 Å². The van der Waals surface area contributed by atoms with Gasteiger partial charge in [0.05, 0.1) is 7.11 Å². The van der Waals surface area contributed by atoms with Crippen LogP contribution in [0, 0.1) is 5.92 Å². The minimum absolute atomic E-state index is 0. The molecule has 0 saturated carbocycles. The van der Waals surface area contributed by atoms with Gasteiger partial charge in [-0.2, -0.15) is 0 Å². The van der Waals surface area contributed by atoms with Crippen LogP contribution in [0.4, 0.5) is 0 Å². The molecule has 158 valence electrons. The summed E-state index contributed by atoms with van der Waals surface area (Å²) in [6.45, 7) is 5.55. The van der Waals surface area contributed by atoms with Crippen molar-refractivity contribution in [2.75, 3.05) is 41.0 Å². The highest BCUT2D eigenvalue weighted by Gasteiger charge is 2.22. The van der Waals surface area contributed by atoms with Gasteiger partial charge in [-0.25, -0.2) is 0 Å². The fourth-order valence-electron chi connectivity index (χ4n) is 3.89. The average Bonchev–Trinajstić information content (AvgIpc) is 3.05. The summed E-state index contributed by atoms with van der Waals surface area (Å²) < 4.78 is 16.9. The molecule has 1 atom stereocenters. The Morgan fingerprint density at radius 3 is 2.75 bits per heavy atom. The lowest BCUT2D eigenvalue weighted by Gasteiger charge is -2.27. The minimum atomic E-state index is 0. The Morgan fingerprint density at radius 2 is 2.07 bits per heavy atom. The van der Waals surface area contributed by atoms with E-state index >= 15 is 0 Å². The molecule has 0 aliphatic carbocycles. The zero-order valence-corrected chi connectivity index (χ0v) is 19.8. The highest BCUT2D eigenvalue weighted by Crippen LogP contribution is 2.34. The van der Waals surface area contributed by atoms with Crippen molar-refractivity contribution in [1.82, 2.24) is 10.2 Å². The van der Waals surface area contributed by atoms with Crippen molar-refractivity contribution in [1.29, 1.82) is 0 Å². The third kappa shape index (κ3) is 5.89. The van der Waals surface area contributed by atoms with Crippen LogP contribution in [0.2, 0.25) is 0 Å². The predicted octanol–water partition coefficient (Wildman–Crippen LogP) is 3.46. The van der Waals surface area contributed by atoms with Gasteiger partial charge >= 0.3 is 0 Å². The third-order valence-corrected chi connectivity index (χ3v) is 5.52. The van der Waals surface area contributed by atoms with Crippen LogP contribution in [0.3, 0.4) is 0 Å². The number of ether oxygens (including phenoxy) is 3. The van der Waals surface area contributed by atoms with Crippen molar-refractivity contribution in [2.45, 2.75) is 45.3 Å². The molecule has 0 aromatic heterocycles. The van der Waals surface area contributed by atoms with E-state index in [-0.39, 0.29) is 30.1 Å². The maximum Gasteiger partial charge on any atom is 0.193 e. The first-order chi connectivity index (χ1) is 13.1. The quantitative estimate of drug-likeness (QED) is 0.366. The van der Waals surface area contributed by atoms with Crippen LogP contribution in [0.5, 0.6) is 11.5 Å². The highest BCUT2D eigenvalue weighted by atomic mass is 127. The number of guanidine groups is 1. The molecule has 1 fully saturated rings. The molecule has 2 heterocycles. The second kappa shape index (κ2) is 11.1. The lowest BCUT2D eigenvalue weighted by molar-refractivity contribution is 0.0625. The fraction of sp³-hybridized carbons (Fsp3) is 0.667. The van der Waals surface area contributed by atoms with E-state index in [1.807, 2.05) is 7.05 Å². The van der Waals surface area contributed by atoms with E-state index in [4.69, 9.17) is 14.2 Å². The molecule has 1 N–H and O–H groups in total. The van der Waals surface area contributed by atoms with Gasteiger partial charge < -0.3 is 24.4 Å². The molecule has 0 bridgehead atoms. The fourth-order valence-corrected chi connectivity index (χ4v) is 3.89. The van der Waals surface area contributed by atoms with Crippen molar-refractivity contribution in [3.8, 4) is 11.5 Å². The molecular weight excluding hydrogens is 469 g/mol. The van der Waals surface area contributed by atoms with Gasteiger partial charge in [0, 0.05) is 57.9 Å². The molecular formula is C21H34IN3O3. The summed E-state index contributed by atoms with van der Waals surface area (Å²) >= 11 is 0. The number of methoxy groups -OCH3 is 1. The first kappa shape index (κ1) is 23.1. The van der Waals surface area contributed by atoms with Crippen molar-refractivity contribution in [3.05, 3.63) is 23.3 Å². The van der Waals surface area contributed by atoms with Gasteiger partial charge in [-0.05, 0) is 44.2 Å². The number of hydrogen-bond acceptors (Lipinski definition) is 4. The molecule has 28 heavy (non-hydrogen) atoms. The molecule has 0 amide bonds. The first-order valence-corrected chi connectivity index (χ1v) is 9.96. The number of benzene rings is 1. The Balaban J connectivity index is 0.00000280. The molecule has 3 rings (SSSR count). The maximum atomic E-state index is 5.90. The second-order valence-corrected chi connectivity index (χ2v) is 7.57. The molecule has 2 aliphatic rings. The Kier molecular flexibility index (Phi) is 9.14. The number of rotatable bonds is 6. The lowest BCUT2D eigenvalue weighted by Crippen LogP contribution is -2.39. The molecule has 1 aromatic rings. The predicted molar refractivity (Wildman–Crippen MR) is 123 cm³/mol. The number of nitrogens with one attached hydrogen (secondary N) is 1.